The lowest BCUT2D eigenvalue weighted by molar-refractivity contribution is -0.183. The van der Waals surface area contributed by atoms with Crippen LogP contribution >= 0.6 is 23.2 Å². The number of hydrogen-bond donors (Lipinski definition) is 1. The van der Waals surface area contributed by atoms with Gasteiger partial charge < -0.3 is 10.5 Å². The summed E-state index contributed by atoms with van der Waals surface area (Å²) >= 11 is 12.8. The van der Waals surface area contributed by atoms with E-state index in [0.717, 1.165) is 42.4 Å². The van der Waals surface area contributed by atoms with Gasteiger partial charge in [-0.05, 0) is 59.9 Å². The Morgan fingerprint density at radius 2 is 1.47 bits per heavy atom. The number of carbonyl (C=O) groups excluding carboxylic acids is 1. The molecule has 0 amide bonds. The van der Waals surface area contributed by atoms with Crippen LogP contribution in [0.1, 0.15) is 85.8 Å². The number of morpholine rings is 1. The van der Waals surface area contributed by atoms with Crippen LogP contribution in [0.15, 0.2) is 91.0 Å². The number of ether oxygens (including phenoxy) is 1. The molecule has 8 heteroatoms. The summed E-state index contributed by atoms with van der Waals surface area (Å²) in [5, 5.41) is 0.290. The zero-order valence-electron chi connectivity index (χ0n) is 25.3. The third-order valence-electron chi connectivity index (χ3n) is 10.5. The van der Waals surface area contributed by atoms with Gasteiger partial charge in [-0.1, -0.05) is 116 Å². The van der Waals surface area contributed by atoms with Gasteiger partial charge in [0.15, 0.2) is 0 Å². The number of esters is 1. The second-order valence-electron chi connectivity index (χ2n) is 13.5. The van der Waals surface area contributed by atoms with Crippen LogP contribution < -0.4 is 5.73 Å². The number of cyclic esters (lactones) is 1. The maximum absolute atomic E-state index is 16.3. The average molecular weight is 645 g/mol. The van der Waals surface area contributed by atoms with Gasteiger partial charge in [0, 0.05) is 22.9 Å². The van der Waals surface area contributed by atoms with E-state index >= 15 is 4.39 Å². The number of nitrogen functional groups attached to an aromatic ring is 1. The Balaban J connectivity index is 1.54. The predicted octanol–water partition coefficient (Wildman–Crippen LogP) is 9.04. The van der Waals surface area contributed by atoms with Crippen molar-refractivity contribution in [2.24, 2.45) is 5.41 Å². The first-order valence-electron chi connectivity index (χ1n) is 15.6. The smallest absolute Gasteiger partial charge is 0.324 e. The topological polar surface area (TPSA) is 68.4 Å². The van der Waals surface area contributed by atoms with Crippen LogP contribution in [-0.2, 0) is 9.53 Å². The Morgan fingerprint density at radius 1 is 0.822 bits per heavy atom. The van der Waals surface area contributed by atoms with Gasteiger partial charge in [-0.2, -0.15) is 0 Å². The number of pyridine rings is 1. The zero-order valence-corrected chi connectivity index (χ0v) is 26.8. The van der Waals surface area contributed by atoms with E-state index in [1.54, 1.807) is 18.2 Å². The van der Waals surface area contributed by atoms with E-state index < -0.39 is 35.3 Å². The summed E-state index contributed by atoms with van der Waals surface area (Å²) in [4.78, 5) is 21.4. The van der Waals surface area contributed by atoms with E-state index in [1.807, 2.05) is 54.6 Å². The van der Waals surface area contributed by atoms with Gasteiger partial charge in [0.2, 0.25) is 0 Å². The highest BCUT2D eigenvalue weighted by molar-refractivity contribution is 6.30. The highest BCUT2D eigenvalue weighted by Crippen LogP contribution is 2.66. The van der Waals surface area contributed by atoms with E-state index in [0.29, 0.717) is 5.56 Å². The average Bonchev–Trinajstić information content (AvgIpc) is 3.31. The van der Waals surface area contributed by atoms with Gasteiger partial charge in [0.1, 0.15) is 28.9 Å². The number of benzene rings is 3. The molecule has 1 saturated carbocycles. The van der Waals surface area contributed by atoms with Crippen molar-refractivity contribution in [3.05, 3.63) is 129 Å². The second kappa shape index (κ2) is 11.4. The van der Waals surface area contributed by atoms with E-state index in [9.17, 15) is 4.79 Å². The number of rotatable bonds is 4. The number of nitrogens with zero attached hydrogens (tertiary/aromatic N) is 2. The molecule has 3 aromatic carbocycles. The largest absolute Gasteiger partial charge is 0.454 e. The first-order chi connectivity index (χ1) is 21.6. The van der Waals surface area contributed by atoms with Crippen molar-refractivity contribution in [2.45, 2.75) is 75.1 Å². The minimum absolute atomic E-state index is 0.0108. The molecule has 0 radical (unpaired) electrons. The molecule has 45 heavy (non-hydrogen) atoms. The lowest BCUT2D eigenvalue weighted by Gasteiger charge is -2.55. The molecule has 2 saturated heterocycles. The lowest BCUT2D eigenvalue weighted by Crippen LogP contribution is -2.59. The molecule has 0 unspecified atom stereocenters. The highest BCUT2D eigenvalue weighted by Gasteiger charge is 2.68. The Bertz CT molecular complexity index is 1720. The molecule has 3 fully saturated rings. The molecule has 5 atom stereocenters. The molecule has 7 rings (SSSR count). The van der Waals surface area contributed by atoms with E-state index in [-0.39, 0.29) is 33.4 Å². The number of fused-ring (bicyclic) bond motifs is 2. The number of halogens is 3. The standard InChI is InChI=1S/C37H36Cl2FN3O2/c1-36(2)18-20-37(21-19-36)29(25-16-17-27(39)42-34(25)41)28(24-14-9-15-26(38)30(24)40)32-35(44)45-33(23-12-7-4-8-13-23)31(43(32)37)22-10-5-3-6-11-22/h3-17,28-29,31-33H,18-21H2,1-2H3,(H2,41,42)/t28-,29+,31-,32-,33+/m1/s1. The highest BCUT2D eigenvalue weighted by atomic mass is 35.5. The monoisotopic (exact) mass is 643 g/mol. The van der Waals surface area contributed by atoms with Crippen LogP contribution in [-0.4, -0.2) is 27.4 Å². The molecule has 2 aliphatic heterocycles. The van der Waals surface area contributed by atoms with Crippen molar-refractivity contribution in [1.82, 2.24) is 9.88 Å². The van der Waals surface area contributed by atoms with E-state index in [1.165, 1.54) is 6.07 Å². The van der Waals surface area contributed by atoms with Crippen molar-refractivity contribution in [3.8, 4) is 0 Å². The van der Waals surface area contributed by atoms with E-state index in [2.05, 4.69) is 35.9 Å². The predicted molar refractivity (Wildman–Crippen MR) is 176 cm³/mol. The molecular formula is C37H36Cl2FN3O2. The van der Waals surface area contributed by atoms with Crippen molar-refractivity contribution in [1.29, 1.82) is 0 Å². The van der Waals surface area contributed by atoms with Gasteiger partial charge in [-0.25, -0.2) is 9.37 Å². The normalized spacial score (nSPS) is 27.2. The summed E-state index contributed by atoms with van der Waals surface area (Å²) in [6, 6.07) is 27.6. The minimum atomic E-state index is -0.801. The van der Waals surface area contributed by atoms with Crippen molar-refractivity contribution >= 4 is 35.0 Å². The van der Waals surface area contributed by atoms with Crippen LogP contribution in [0, 0.1) is 11.2 Å². The number of carbonyl (C=O) groups is 1. The summed E-state index contributed by atoms with van der Waals surface area (Å²) in [6.07, 6.45) is 2.82. The summed E-state index contributed by atoms with van der Waals surface area (Å²) in [5.41, 5.74) is 9.28. The molecule has 2 N–H and O–H groups in total. The molecule has 4 aromatic rings. The summed E-state index contributed by atoms with van der Waals surface area (Å²) in [5.74, 6) is -1.67. The van der Waals surface area contributed by atoms with Crippen molar-refractivity contribution < 1.29 is 13.9 Å². The van der Waals surface area contributed by atoms with Gasteiger partial charge in [-0.15, -0.1) is 0 Å². The minimum Gasteiger partial charge on any atom is -0.454 e. The molecule has 232 valence electrons. The molecule has 1 aromatic heterocycles. The number of aromatic nitrogens is 1. The number of hydrogen-bond acceptors (Lipinski definition) is 5. The Morgan fingerprint density at radius 3 is 2.11 bits per heavy atom. The van der Waals surface area contributed by atoms with Crippen molar-refractivity contribution in [2.75, 3.05) is 5.73 Å². The zero-order chi connectivity index (χ0) is 31.5. The maximum atomic E-state index is 16.3. The van der Waals surface area contributed by atoms with Crippen LogP contribution in [0.3, 0.4) is 0 Å². The van der Waals surface area contributed by atoms with Crippen LogP contribution in [0.4, 0.5) is 10.2 Å². The number of anilines is 1. The summed E-state index contributed by atoms with van der Waals surface area (Å²) in [7, 11) is 0. The third-order valence-corrected chi connectivity index (χ3v) is 11.0. The molecular weight excluding hydrogens is 608 g/mol. The number of nitrogens with two attached hydrogens (primary N) is 1. The molecule has 1 aliphatic carbocycles. The third kappa shape index (κ3) is 5.02. The fourth-order valence-electron chi connectivity index (χ4n) is 8.38. The van der Waals surface area contributed by atoms with Gasteiger partial charge in [0.05, 0.1) is 11.1 Å². The quantitative estimate of drug-likeness (QED) is 0.177. The molecule has 3 heterocycles. The molecule has 1 spiro atoms. The fraction of sp³-hybridized carbons (Fsp3) is 0.351. The van der Waals surface area contributed by atoms with Crippen LogP contribution in [0.5, 0.6) is 0 Å². The van der Waals surface area contributed by atoms with Crippen molar-refractivity contribution in [3.63, 3.8) is 0 Å². The Kier molecular flexibility index (Phi) is 7.66. The second-order valence-corrected chi connectivity index (χ2v) is 14.3. The lowest BCUT2D eigenvalue weighted by atomic mass is 9.61. The maximum Gasteiger partial charge on any atom is 0.324 e. The summed E-state index contributed by atoms with van der Waals surface area (Å²) in [6.45, 7) is 4.58. The fourth-order valence-corrected chi connectivity index (χ4v) is 8.72. The molecule has 0 bridgehead atoms. The molecule has 3 aliphatic rings. The first-order valence-corrected chi connectivity index (χ1v) is 16.3. The van der Waals surface area contributed by atoms with Crippen LogP contribution in [0.2, 0.25) is 10.2 Å². The molecule has 5 nitrogen and oxygen atoms in total. The Labute approximate surface area is 273 Å². The van der Waals surface area contributed by atoms with E-state index in [4.69, 9.17) is 33.7 Å². The van der Waals surface area contributed by atoms with Gasteiger partial charge in [0.25, 0.3) is 0 Å². The SMILES string of the molecule is CC1(C)CCC2(CC1)[C@@H](c1ccc(Cl)nc1N)[C@@H](c1cccc(Cl)c1F)[C@@H]1C(=O)O[C@@H](c3ccccc3)[C@@H](c3ccccc3)N12. The first kappa shape index (κ1) is 30.2. The van der Waals surface area contributed by atoms with Crippen LogP contribution in [0.25, 0.3) is 0 Å². The van der Waals surface area contributed by atoms with Gasteiger partial charge in [-0.3, -0.25) is 9.69 Å². The van der Waals surface area contributed by atoms with Gasteiger partial charge >= 0.3 is 5.97 Å². The Hall–Kier alpha value is -3.45. The summed E-state index contributed by atoms with van der Waals surface area (Å²) < 4.78 is 22.7.